The van der Waals surface area contributed by atoms with Crippen molar-refractivity contribution in [3.8, 4) is 11.4 Å². The summed E-state index contributed by atoms with van der Waals surface area (Å²) in [6, 6.07) is 7.83. The number of rotatable bonds is 11. The molecule has 0 aliphatic carbocycles. The SMILES string of the molecule is CCCCCCCSc1nc2sc3c(c2c(=O)n1-c1ccc(OCC)cc1)CCN(CC)C3. The Kier molecular flexibility index (Phi) is 8.50. The highest BCUT2D eigenvalue weighted by molar-refractivity contribution is 7.99. The Morgan fingerprint density at radius 1 is 1.09 bits per heavy atom. The fourth-order valence-electron chi connectivity index (χ4n) is 4.40. The zero-order chi connectivity index (χ0) is 23.2. The van der Waals surface area contributed by atoms with Crippen LogP contribution in [-0.2, 0) is 13.0 Å². The third kappa shape index (κ3) is 5.47. The minimum atomic E-state index is 0.0695. The molecular weight excluding hydrogens is 450 g/mol. The number of hydrogen-bond acceptors (Lipinski definition) is 6. The smallest absolute Gasteiger partial charge is 0.267 e. The summed E-state index contributed by atoms with van der Waals surface area (Å²) in [5.74, 6) is 1.80. The number of likely N-dealkylation sites (N-methyl/N-ethyl adjacent to an activating group) is 1. The van der Waals surface area contributed by atoms with E-state index in [1.807, 2.05) is 35.8 Å². The van der Waals surface area contributed by atoms with Crippen LogP contribution in [-0.4, -0.2) is 39.9 Å². The fraction of sp³-hybridized carbons (Fsp3) is 0.538. The highest BCUT2D eigenvalue weighted by Crippen LogP contribution is 2.34. The van der Waals surface area contributed by atoms with E-state index in [1.165, 1.54) is 36.1 Å². The van der Waals surface area contributed by atoms with Crippen molar-refractivity contribution in [3.05, 3.63) is 45.1 Å². The molecule has 0 radical (unpaired) electrons. The molecule has 178 valence electrons. The topological polar surface area (TPSA) is 47.4 Å². The number of benzene rings is 1. The average Bonchev–Trinajstić information content (AvgIpc) is 3.20. The van der Waals surface area contributed by atoms with E-state index in [2.05, 4.69) is 18.7 Å². The lowest BCUT2D eigenvalue weighted by Gasteiger charge is -2.25. The first-order valence-electron chi connectivity index (χ1n) is 12.3. The van der Waals surface area contributed by atoms with E-state index in [-0.39, 0.29) is 5.56 Å². The third-order valence-corrected chi connectivity index (χ3v) is 8.39. The molecule has 3 aromatic rings. The van der Waals surface area contributed by atoms with Crippen molar-refractivity contribution >= 4 is 33.3 Å². The Balaban J connectivity index is 1.71. The van der Waals surface area contributed by atoms with E-state index in [0.29, 0.717) is 6.61 Å². The number of nitrogens with zero attached hydrogens (tertiary/aromatic N) is 3. The van der Waals surface area contributed by atoms with E-state index in [0.717, 1.165) is 65.0 Å². The molecule has 5 nitrogen and oxygen atoms in total. The van der Waals surface area contributed by atoms with Gasteiger partial charge in [0.25, 0.3) is 5.56 Å². The summed E-state index contributed by atoms with van der Waals surface area (Å²) >= 11 is 3.42. The normalized spacial score (nSPS) is 14.0. The van der Waals surface area contributed by atoms with Crippen molar-refractivity contribution in [2.75, 3.05) is 25.4 Å². The zero-order valence-corrected chi connectivity index (χ0v) is 21.7. The van der Waals surface area contributed by atoms with E-state index in [9.17, 15) is 4.79 Å². The quantitative estimate of drug-likeness (QED) is 0.182. The first-order chi connectivity index (χ1) is 16.2. The second kappa shape index (κ2) is 11.5. The van der Waals surface area contributed by atoms with Gasteiger partial charge in [-0.25, -0.2) is 4.98 Å². The van der Waals surface area contributed by atoms with Gasteiger partial charge in [0.15, 0.2) is 5.16 Å². The summed E-state index contributed by atoms with van der Waals surface area (Å²) in [4.78, 5) is 23.6. The van der Waals surface area contributed by atoms with Gasteiger partial charge in [-0.15, -0.1) is 11.3 Å². The molecule has 33 heavy (non-hydrogen) atoms. The number of ether oxygens (including phenoxy) is 1. The Morgan fingerprint density at radius 3 is 2.61 bits per heavy atom. The van der Waals surface area contributed by atoms with Crippen LogP contribution in [0.2, 0.25) is 0 Å². The van der Waals surface area contributed by atoms with E-state index in [4.69, 9.17) is 9.72 Å². The van der Waals surface area contributed by atoms with Crippen LogP contribution >= 0.6 is 23.1 Å². The molecule has 0 N–H and O–H groups in total. The number of unbranched alkanes of at least 4 members (excludes halogenated alkanes) is 4. The van der Waals surface area contributed by atoms with Gasteiger partial charge in [-0.2, -0.15) is 0 Å². The number of hydrogen-bond donors (Lipinski definition) is 0. The number of fused-ring (bicyclic) bond motifs is 3. The van der Waals surface area contributed by atoms with Gasteiger partial charge < -0.3 is 4.74 Å². The van der Waals surface area contributed by atoms with Crippen molar-refractivity contribution in [1.82, 2.24) is 14.5 Å². The van der Waals surface area contributed by atoms with E-state index < -0.39 is 0 Å². The summed E-state index contributed by atoms with van der Waals surface area (Å²) in [5.41, 5.74) is 2.14. The predicted octanol–water partition coefficient (Wildman–Crippen LogP) is 6.29. The van der Waals surface area contributed by atoms with Crippen molar-refractivity contribution in [3.63, 3.8) is 0 Å². The van der Waals surface area contributed by atoms with Gasteiger partial charge >= 0.3 is 0 Å². The van der Waals surface area contributed by atoms with Crippen LogP contribution in [0.25, 0.3) is 15.9 Å². The van der Waals surface area contributed by atoms with Crippen LogP contribution in [0.4, 0.5) is 0 Å². The molecule has 2 aromatic heterocycles. The lowest BCUT2D eigenvalue weighted by Crippen LogP contribution is -2.30. The lowest BCUT2D eigenvalue weighted by atomic mass is 10.1. The molecule has 1 aromatic carbocycles. The van der Waals surface area contributed by atoms with Crippen molar-refractivity contribution in [1.29, 1.82) is 0 Å². The highest BCUT2D eigenvalue weighted by atomic mass is 32.2. The molecule has 4 rings (SSSR count). The Hall–Kier alpha value is -1.83. The molecule has 0 fully saturated rings. The molecule has 0 amide bonds. The van der Waals surface area contributed by atoms with Crippen LogP contribution in [0, 0.1) is 0 Å². The van der Waals surface area contributed by atoms with Gasteiger partial charge in [-0.1, -0.05) is 51.3 Å². The zero-order valence-electron chi connectivity index (χ0n) is 20.1. The Morgan fingerprint density at radius 2 is 1.88 bits per heavy atom. The molecule has 0 spiro atoms. The Bertz CT molecular complexity index is 1120. The number of aromatic nitrogens is 2. The summed E-state index contributed by atoms with van der Waals surface area (Å²) in [7, 11) is 0. The maximum absolute atomic E-state index is 13.9. The molecule has 0 bridgehead atoms. The van der Waals surface area contributed by atoms with Crippen LogP contribution in [0.15, 0.2) is 34.2 Å². The molecule has 7 heteroatoms. The highest BCUT2D eigenvalue weighted by Gasteiger charge is 2.25. The van der Waals surface area contributed by atoms with E-state index >= 15 is 0 Å². The van der Waals surface area contributed by atoms with Crippen molar-refractivity contribution in [2.24, 2.45) is 0 Å². The monoisotopic (exact) mass is 485 g/mol. The van der Waals surface area contributed by atoms with Crippen LogP contribution < -0.4 is 10.3 Å². The predicted molar refractivity (Wildman–Crippen MR) is 141 cm³/mol. The van der Waals surface area contributed by atoms with Gasteiger partial charge in [0.1, 0.15) is 10.6 Å². The maximum atomic E-state index is 13.9. The summed E-state index contributed by atoms with van der Waals surface area (Å²) in [6.45, 7) is 10.0. The van der Waals surface area contributed by atoms with Gasteiger partial charge in [0.05, 0.1) is 17.7 Å². The lowest BCUT2D eigenvalue weighted by molar-refractivity contribution is 0.272. The van der Waals surface area contributed by atoms with E-state index in [1.54, 1.807) is 23.1 Å². The van der Waals surface area contributed by atoms with Gasteiger partial charge in [-0.3, -0.25) is 14.3 Å². The van der Waals surface area contributed by atoms with Gasteiger partial charge in [-0.05, 0) is 56.1 Å². The second-order valence-electron chi connectivity index (χ2n) is 8.53. The van der Waals surface area contributed by atoms with Crippen LogP contribution in [0.1, 0.15) is 63.3 Å². The Labute approximate surface area is 205 Å². The molecule has 0 saturated heterocycles. The van der Waals surface area contributed by atoms with Crippen molar-refractivity contribution in [2.45, 2.75) is 71.0 Å². The first-order valence-corrected chi connectivity index (χ1v) is 14.1. The standard InChI is InChI=1S/C26H35N3O2S2/c1-4-7-8-9-10-17-32-26-27-24-23(21-15-16-28(5-2)18-22(21)33-24)25(30)29(26)19-11-13-20(14-12-19)31-6-3/h11-14H,4-10,15-18H2,1-3H3. The molecular formula is C26H35N3O2S2. The average molecular weight is 486 g/mol. The van der Waals surface area contributed by atoms with Crippen molar-refractivity contribution < 1.29 is 4.74 Å². The van der Waals surface area contributed by atoms with Crippen LogP contribution in [0.5, 0.6) is 5.75 Å². The minimum Gasteiger partial charge on any atom is -0.494 e. The molecule has 1 aliphatic heterocycles. The minimum absolute atomic E-state index is 0.0695. The fourth-order valence-corrected chi connectivity index (χ4v) is 6.71. The summed E-state index contributed by atoms with van der Waals surface area (Å²) in [5, 5.41) is 1.63. The van der Waals surface area contributed by atoms with Gasteiger partial charge in [0.2, 0.25) is 0 Å². The molecule has 0 atom stereocenters. The summed E-state index contributed by atoms with van der Waals surface area (Å²) in [6.07, 6.45) is 7.13. The molecule has 1 aliphatic rings. The molecule has 0 unspecified atom stereocenters. The molecule has 3 heterocycles. The summed E-state index contributed by atoms with van der Waals surface area (Å²) < 4.78 is 7.44. The third-order valence-electron chi connectivity index (χ3n) is 6.25. The number of thioether (sulfide) groups is 1. The maximum Gasteiger partial charge on any atom is 0.267 e. The van der Waals surface area contributed by atoms with Gasteiger partial charge in [0, 0.05) is 23.7 Å². The number of thiophene rings is 1. The largest absolute Gasteiger partial charge is 0.494 e. The van der Waals surface area contributed by atoms with Crippen LogP contribution in [0.3, 0.4) is 0 Å². The first kappa shape index (κ1) is 24.3. The second-order valence-corrected chi connectivity index (χ2v) is 10.7. The molecule has 0 saturated carbocycles.